The van der Waals surface area contributed by atoms with Crippen LogP contribution in [0.3, 0.4) is 0 Å². The normalized spacial score (nSPS) is 11.4. The molecule has 198 valence electrons. The van der Waals surface area contributed by atoms with E-state index in [1.807, 2.05) is 22.7 Å². The van der Waals surface area contributed by atoms with Gasteiger partial charge in [0.25, 0.3) is 0 Å². The molecule has 0 unspecified atom stereocenters. The van der Waals surface area contributed by atoms with Gasteiger partial charge in [0.2, 0.25) is 11.6 Å². The van der Waals surface area contributed by atoms with Gasteiger partial charge in [-0.05, 0) is 74.2 Å². The monoisotopic (exact) mass is 578 g/mol. The van der Waals surface area contributed by atoms with Crippen LogP contribution in [0.2, 0.25) is 0 Å². The van der Waals surface area contributed by atoms with E-state index in [0.29, 0.717) is 11.6 Å². The van der Waals surface area contributed by atoms with E-state index in [9.17, 15) is 0 Å². The van der Waals surface area contributed by atoms with E-state index in [0.717, 1.165) is 9.75 Å². The van der Waals surface area contributed by atoms with E-state index in [1.54, 1.807) is 22.7 Å². The fraction of sp³-hybridized carbons (Fsp3) is 0.400. The lowest BCUT2D eigenvalue weighted by atomic mass is 10.1. The lowest BCUT2D eigenvalue weighted by Gasteiger charge is -1.97. The molecule has 0 saturated carbocycles. The quantitative estimate of drug-likeness (QED) is 0.123. The summed E-state index contributed by atoms with van der Waals surface area (Å²) >= 11 is 7.22. The fourth-order valence-electron chi connectivity index (χ4n) is 4.35. The van der Waals surface area contributed by atoms with Crippen LogP contribution in [0.4, 0.5) is 0 Å². The lowest BCUT2D eigenvalue weighted by molar-refractivity contribution is 0.670. The minimum Gasteiger partial charge on any atom is -0.139 e. The van der Waals surface area contributed by atoms with Gasteiger partial charge in [0.15, 0.2) is 0 Å². The van der Waals surface area contributed by atoms with Crippen molar-refractivity contribution in [3.8, 4) is 40.9 Å². The van der Waals surface area contributed by atoms with Gasteiger partial charge >= 0.3 is 0 Å². The first-order chi connectivity index (χ1) is 18.7. The van der Waals surface area contributed by atoms with Crippen molar-refractivity contribution >= 4 is 45.3 Å². The first-order valence-electron chi connectivity index (χ1n) is 13.7. The highest BCUT2D eigenvalue weighted by Gasteiger charge is 2.14. The highest BCUT2D eigenvalue weighted by Crippen LogP contribution is 2.38. The van der Waals surface area contributed by atoms with Crippen LogP contribution < -0.4 is 0 Å². The molecule has 0 aliphatic heterocycles. The van der Waals surface area contributed by atoms with E-state index in [4.69, 9.17) is 0 Å². The number of hydrogen-bond acceptors (Lipinski definition) is 8. The van der Waals surface area contributed by atoms with Crippen LogP contribution in [0.1, 0.15) is 75.0 Å². The Kier molecular flexibility index (Phi) is 9.84. The van der Waals surface area contributed by atoms with Crippen molar-refractivity contribution < 1.29 is 0 Å². The third kappa shape index (κ3) is 7.03. The molecule has 5 aromatic heterocycles. The van der Waals surface area contributed by atoms with Crippen molar-refractivity contribution in [3.05, 3.63) is 58.3 Å². The van der Waals surface area contributed by atoms with Crippen LogP contribution in [-0.4, -0.2) is 20.4 Å². The summed E-state index contributed by atoms with van der Waals surface area (Å²) in [4.78, 5) is 10.1. The van der Waals surface area contributed by atoms with E-state index in [-0.39, 0.29) is 0 Å². The number of unbranched alkanes of at least 4 members (excludes halogenated alkanes) is 6. The number of hydrogen-bond donors (Lipinski definition) is 0. The Morgan fingerprint density at radius 1 is 0.421 bits per heavy atom. The molecule has 8 heteroatoms. The molecule has 0 fully saturated rings. The summed E-state index contributed by atoms with van der Waals surface area (Å²) < 4.78 is 0. The third-order valence-electron chi connectivity index (χ3n) is 6.49. The fourth-order valence-corrected chi connectivity index (χ4v) is 8.49. The molecule has 0 aliphatic carbocycles. The van der Waals surface area contributed by atoms with Crippen molar-refractivity contribution in [1.82, 2.24) is 20.4 Å². The first kappa shape index (κ1) is 27.3. The van der Waals surface area contributed by atoms with Crippen molar-refractivity contribution in [1.29, 1.82) is 0 Å². The number of rotatable bonds is 14. The summed E-state index contributed by atoms with van der Waals surface area (Å²) in [6, 6.07) is 17.5. The molecule has 0 aromatic carbocycles. The molecule has 5 rings (SSSR count). The van der Waals surface area contributed by atoms with Crippen LogP contribution in [0.15, 0.2) is 48.5 Å². The Bertz CT molecular complexity index is 1300. The average molecular weight is 579 g/mol. The van der Waals surface area contributed by atoms with Gasteiger partial charge in [-0.1, -0.05) is 52.4 Å². The van der Waals surface area contributed by atoms with Gasteiger partial charge in [0, 0.05) is 29.3 Å². The minimum absolute atomic E-state index is 0.587. The lowest BCUT2D eigenvalue weighted by Crippen LogP contribution is -1.97. The van der Waals surface area contributed by atoms with Crippen molar-refractivity contribution in [2.75, 3.05) is 0 Å². The predicted molar refractivity (Wildman–Crippen MR) is 167 cm³/mol. The summed E-state index contributed by atoms with van der Waals surface area (Å²) in [5, 5.41) is 17.7. The van der Waals surface area contributed by atoms with Crippen LogP contribution >= 0.6 is 45.3 Å². The minimum atomic E-state index is 0.587. The molecule has 0 aliphatic rings. The smallest absolute Gasteiger partial charge is 0.139 e. The molecule has 38 heavy (non-hydrogen) atoms. The molecular weight excluding hydrogens is 545 g/mol. The van der Waals surface area contributed by atoms with Crippen molar-refractivity contribution in [2.45, 2.75) is 78.1 Å². The number of aromatic nitrogens is 4. The molecule has 0 amide bonds. The van der Waals surface area contributed by atoms with E-state index in [1.165, 1.54) is 93.5 Å². The third-order valence-corrected chi connectivity index (χ3v) is 11.3. The van der Waals surface area contributed by atoms with Gasteiger partial charge in [-0.15, -0.1) is 65.7 Å². The Morgan fingerprint density at radius 3 is 1.21 bits per heavy atom. The van der Waals surface area contributed by atoms with Crippen LogP contribution in [0.25, 0.3) is 40.9 Å². The molecule has 0 radical (unpaired) electrons. The molecule has 4 nitrogen and oxygen atoms in total. The Labute approximate surface area is 241 Å². The first-order valence-corrected chi connectivity index (χ1v) is 17.0. The Hall–Kier alpha value is -2.26. The zero-order valence-electron chi connectivity index (χ0n) is 22.1. The molecule has 0 saturated heterocycles. The van der Waals surface area contributed by atoms with Gasteiger partial charge in [-0.3, -0.25) is 0 Å². The van der Waals surface area contributed by atoms with Gasteiger partial charge in [-0.25, -0.2) is 0 Å². The maximum atomic E-state index is 4.43. The van der Waals surface area contributed by atoms with Gasteiger partial charge in [-0.2, -0.15) is 0 Å². The molecular formula is C30H34N4S4. The van der Waals surface area contributed by atoms with Gasteiger partial charge in [0.1, 0.15) is 0 Å². The summed E-state index contributed by atoms with van der Waals surface area (Å²) in [6.07, 6.45) is 12.8. The molecule has 0 bridgehead atoms. The second kappa shape index (κ2) is 13.7. The molecule has 5 aromatic rings. The SMILES string of the molecule is CCCCCCc1ccc(-c2ccc(-c3nnc(-c4ccc(-c5ccc(CCCCCC)s5)s4)nn3)s2)s1. The van der Waals surface area contributed by atoms with Crippen LogP contribution in [0.5, 0.6) is 0 Å². The van der Waals surface area contributed by atoms with E-state index >= 15 is 0 Å². The number of aryl methyl sites for hydroxylation is 2. The van der Waals surface area contributed by atoms with E-state index < -0.39 is 0 Å². The standard InChI is InChI=1S/C30H34N4S4/c1-3-5-7-9-11-21-13-15-23(35-21)25-17-19-27(37-25)29-31-33-30(34-32-29)28-20-18-26(38-28)24-16-14-22(36-24)12-10-8-6-4-2/h13-20H,3-12H2,1-2H3. The topological polar surface area (TPSA) is 51.6 Å². The Balaban J connectivity index is 1.21. The summed E-state index contributed by atoms with van der Waals surface area (Å²) in [5.74, 6) is 1.17. The maximum absolute atomic E-state index is 4.43. The second-order valence-electron chi connectivity index (χ2n) is 9.53. The van der Waals surface area contributed by atoms with Crippen molar-refractivity contribution in [2.24, 2.45) is 0 Å². The summed E-state index contributed by atoms with van der Waals surface area (Å²) in [5.41, 5.74) is 0. The summed E-state index contributed by atoms with van der Waals surface area (Å²) in [6.45, 7) is 4.52. The molecule has 5 heterocycles. The van der Waals surface area contributed by atoms with Crippen LogP contribution in [0, 0.1) is 0 Å². The zero-order valence-corrected chi connectivity index (χ0v) is 25.4. The molecule has 0 spiro atoms. The highest BCUT2D eigenvalue weighted by atomic mass is 32.1. The number of thiophene rings is 4. The zero-order chi connectivity index (χ0) is 26.2. The molecule has 0 N–H and O–H groups in total. The maximum Gasteiger partial charge on any atom is 0.213 e. The second-order valence-corrected chi connectivity index (χ2v) is 14.0. The van der Waals surface area contributed by atoms with Gasteiger partial charge in [0.05, 0.1) is 9.75 Å². The van der Waals surface area contributed by atoms with Crippen molar-refractivity contribution in [3.63, 3.8) is 0 Å². The van der Waals surface area contributed by atoms with Crippen LogP contribution in [-0.2, 0) is 12.8 Å². The largest absolute Gasteiger partial charge is 0.213 e. The Morgan fingerprint density at radius 2 is 0.789 bits per heavy atom. The van der Waals surface area contributed by atoms with Gasteiger partial charge < -0.3 is 0 Å². The number of nitrogens with zero attached hydrogens (tertiary/aromatic N) is 4. The average Bonchev–Trinajstić information content (AvgIpc) is 3.75. The predicted octanol–water partition coefficient (Wildman–Crippen LogP) is 10.4. The summed E-state index contributed by atoms with van der Waals surface area (Å²) in [7, 11) is 0. The van der Waals surface area contributed by atoms with E-state index in [2.05, 4.69) is 82.8 Å². The highest BCUT2D eigenvalue weighted by molar-refractivity contribution is 7.24. The molecule has 0 atom stereocenters.